The Balaban J connectivity index is 2.15. The summed E-state index contributed by atoms with van der Waals surface area (Å²) < 4.78 is 1.78. The number of H-pyrrole nitrogens is 1. The molecule has 2 aromatic heterocycles. The molecule has 0 spiro atoms. The zero-order valence-electron chi connectivity index (χ0n) is 9.49. The highest BCUT2D eigenvalue weighted by Gasteiger charge is 2.07. The Morgan fingerprint density at radius 1 is 1.59 bits per heavy atom. The summed E-state index contributed by atoms with van der Waals surface area (Å²) in [6.07, 6.45) is 3.08. The van der Waals surface area contributed by atoms with Crippen molar-refractivity contribution in [2.75, 3.05) is 5.32 Å². The van der Waals surface area contributed by atoms with Gasteiger partial charge in [-0.15, -0.1) is 0 Å². The molecule has 17 heavy (non-hydrogen) atoms. The van der Waals surface area contributed by atoms with Crippen molar-refractivity contribution in [2.24, 2.45) is 7.05 Å². The van der Waals surface area contributed by atoms with Crippen molar-refractivity contribution in [3.05, 3.63) is 39.2 Å². The minimum absolute atomic E-state index is 0.0639. The van der Waals surface area contributed by atoms with Gasteiger partial charge in [0.25, 0.3) is 5.56 Å². The number of anilines is 1. The van der Waals surface area contributed by atoms with Gasteiger partial charge in [0.2, 0.25) is 0 Å². The maximum Gasteiger partial charge on any atom is 0.271 e. The summed E-state index contributed by atoms with van der Waals surface area (Å²) in [6, 6.07) is 0. The minimum Gasteiger partial charge on any atom is -0.364 e. The molecule has 90 valence electrons. The number of aromatic nitrogens is 4. The Hall–Kier alpha value is -1.82. The van der Waals surface area contributed by atoms with E-state index >= 15 is 0 Å². The van der Waals surface area contributed by atoms with Crippen molar-refractivity contribution in [3.8, 4) is 0 Å². The van der Waals surface area contributed by atoms with Crippen LogP contribution in [0.3, 0.4) is 0 Å². The number of hydrogen-bond acceptors (Lipinski definition) is 4. The molecule has 6 nitrogen and oxygen atoms in total. The van der Waals surface area contributed by atoms with Crippen LogP contribution >= 0.6 is 11.6 Å². The molecular weight excluding hydrogens is 242 g/mol. The standard InChI is InChI=1S/C10H12ClN5O/c1-6-7(4-15-16(6)2)3-12-9-8(11)10(17)14-5-13-9/h4-5H,3H2,1-2H3,(H2,12,13,14,17). The first-order chi connectivity index (χ1) is 8.09. The predicted octanol–water partition coefficient (Wildman–Crippen LogP) is 1.08. The first-order valence-electron chi connectivity index (χ1n) is 5.04. The van der Waals surface area contributed by atoms with Gasteiger partial charge in [-0.3, -0.25) is 9.48 Å². The quantitative estimate of drug-likeness (QED) is 0.858. The van der Waals surface area contributed by atoms with Gasteiger partial charge in [-0.1, -0.05) is 11.6 Å². The Labute approximate surface area is 103 Å². The van der Waals surface area contributed by atoms with Gasteiger partial charge in [-0.25, -0.2) is 4.98 Å². The minimum atomic E-state index is -0.355. The summed E-state index contributed by atoms with van der Waals surface area (Å²) in [5.74, 6) is 0.374. The number of aryl methyl sites for hydroxylation is 1. The molecule has 2 aromatic rings. The molecule has 0 aliphatic carbocycles. The lowest BCUT2D eigenvalue weighted by Crippen LogP contribution is -2.11. The molecule has 0 aromatic carbocycles. The maximum absolute atomic E-state index is 11.2. The summed E-state index contributed by atoms with van der Waals surface area (Å²) >= 11 is 5.81. The van der Waals surface area contributed by atoms with Crippen LogP contribution in [0.4, 0.5) is 5.82 Å². The third kappa shape index (κ3) is 2.31. The number of rotatable bonds is 3. The van der Waals surface area contributed by atoms with Crippen molar-refractivity contribution in [2.45, 2.75) is 13.5 Å². The lowest BCUT2D eigenvalue weighted by Gasteiger charge is -2.05. The normalized spacial score (nSPS) is 10.5. The number of halogens is 1. The molecule has 0 aliphatic heterocycles. The molecule has 0 unspecified atom stereocenters. The first kappa shape index (κ1) is 11.7. The van der Waals surface area contributed by atoms with Crippen molar-refractivity contribution in [1.29, 1.82) is 0 Å². The molecule has 2 rings (SSSR count). The fraction of sp³-hybridized carbons (Fsp3) is 0.300. The lowest BCUT2D eigenvalue weighted by atomic mass is 10.2. The molecule has 7 heteroatoms. The summed E-state index contributed by atoms with van der Waals surface area (Å²) in [7, 11) is 1.87. The van der Waals surface area contributed by atoms with E-state index in [1.54, 1.807) is 10.9 Å². The molecule has 0 atom stereocenters. The van der Waals surface area contributed by atoms with E-state index in [0.29, 0.717) is 12.4 Å². The van der Waals surface area contributed by atoms with Gasteiger partial charge in [0.15, 0.2) is 5.82 Å². The second-order valence-corrected chi connectivity index (χ2v) is 4.00. The van der Waals surface area contributed by atoms with E-state index in [4.69, 9.17) is 11.6 Å². The van der Waals surface area contributed by atoms with E-state index in [9.17, 15) is 4.79 Å². The zero-order valence-corrected chi connectivity index (χ0v) is 10.2. The SMILES string of the molecule is Cc1c(CNc2nc[nH]c(=O)c2Cl)cnn1C. The highest BCUT2D eigenvalue weighted by atomic mass is 35.5. The van der Waals surface area contributed by atoms with Gasteiger partial charge >= 0.3 is 0 Å². The molecule has 2 heterocycles. The largest absolute Gasteiger partial charge is 0.364 e. The molecule has 0 aliphatic rings. The van der Waals surface area contributed by atoms with Crippen LogP contribution in [0.5, 0.6) is 0 Å². The predicted molar refractivity (Wildman–Crippen MR) is 65.1 cm³/mol. The van der Waals surface area contributed by atoms with Gasteiger partial charge in [0.05, 0.1) is 12.5 Å². The van der Waals surface area contributed by atoms with E-state index in [0.717, 1.165) is 11.3 Å². The van der Waals surface area contributed by atoms with Crippen LogP contribution in [-0.2, 0) is 13.6 Å². The lowest BCUT2D eigenvalue weighted by molar-refractivity contribution is 0.738. The molecule has 0 saturated heterocycles. The number of hydrogen-bond donors (Lipinski definition) is 2. The van der Waals surface area contributed by atoms with Crippen molar-refractivity contribution < 1.29 is 0 Å². The van der Waals surface area contributed by atoms with E-state index in [-0.39, 0.29) is 10.6 Å². The Bertz CT molecular complexity index is 589. The van der Waals surface area contributed by atoms with Crippen LogP contribution < -0.4 is 10.9 Å². The fourth-order valence-corrected chi connectivity index (χ4v) is 1.57. The highest BCUT2D eigenvalue weighted by Crippen LogP contribution is 2.14. The molecule has 0 radical (unpaired) electrons. The molecular formula is C10H12ClN5O. The van der Waals surface area contributed by atoms with Gasteiger partial charge < -0.3 is 10.3 Å². The highest BCUT2D eigenvalue weighted by molar-refractivity contribution is 6.32. The zero-order chi connectivity index (χ0) is 12.4. The van der Waals surface area contributed by atoms with Gasteiger partial charge in [0, 0.05) is 24.8 Å². The van der Waals surface area contributed by atoms with Crippen molar-refractivity contribution in [1.82, 2.24) is 19.7 Å². The van der Waals surface area contributed by atoms with Crippen LogP contribution in [0.2, 0.25) is 5.02 Å². The Morgan fingerprint density at radius 3 is 3.00 bits per heavy atom. The van der Waals surface area contributed by atoms with E-state index < -0.39 is 0 Å². The average Bonchev–Trinajstić information content (AvgIpc) is 2.62. The van der Waals surface area contributed by atoms with Crippen LogP contribution in [0.1, 0.15) is 11.3 Å². The third-order valence-corrected chi connectivity index (χ3v) is 2.93. The van der Waals surface area contributed by atoms with Crippen LogP contribution in [0.25, 0.3) is 0 Å². The topological polar surface area (TPSA) is 75.6 Å². The smallest absolute Gasteiger partial charge is 0.271 e. The number of nitrogens with zero attached hydrogens (tertiary/aromatic N) is 3. The second kappa shape index (κ2) is 4.58. The van der Waals surface area contributed by atoms with Crippen LogP contribution in [-0.4, -0.2) is 19.7 Å². The molecule has 2 N–H and O–H groups in total. The van der Waals surface area contributed by atoms with Crippen LogP contribution in [0.15, 0.2) is 17.3 Å². The number of nitrogens with one attached hydrogen (secondary N) is 2. The molecule has 0 bridgehead atoms. The third-order valence-electron chi connectivity index (χ3n) is 2.58. The van der Waals surface area contributed by atoms with Gasteiger partial charge in [-0.2, -0.15) is 5.10 Å². The molecule has 0 saturated carbocycles. The Kier molecular flexibility index (Phi) is 3.14. The number of aromatic amines is 1. The van der Waals surface area contributed by atoms with Crippen LogP contribution in [0, 0.1) is 6.92 Å². The maximum atomic E-state index is 11.2. The van der Waals surface area contributed by atoms with E-state index in [1.807, 2.05) is 14.0 Å². The van der Waals surface area contributed by atoms with Gasteiger partial charge in [-0.05, 0) is 6.92 Å². The second-order valence-electron chi connectivity index (χ2n) is 3.63. The van der Waals surface area contributed by atoms with Gasteiger partial charge in [0.1, 0.15) is 5.02 Å². The first-order valence-corrected chi connectivity index (χ1v) is 5.42. The average molecular weight is 254 g/mol. The summed E-state index contributed by atoms with van der Waals surface area (Å²) in [4.78, 5) is 17.6. The summed E-state index contributed by atoms with van der Waals surface area (Å²) in [5, 5.41) is 7.20. The van der Waals surface area contributed by atoms with Crippen molar-refractivity contribution in [3.63, 3.8) is 0 Å². The Morgan fingerprint density at radius 2 is 2.35 bits per heavy atom. The van der Waals surface area contributed by atoms with E-state index in [1.165, 1.54) is 6.33 Å². The summed E-state index contributed by atoms with van der Waals surface area (Å²) in [5.41, 5.74) is 1.73. The van der Waals surface area contributed by atoms with E-state index in [2.05, 4.69) is 20.4 Å². The fourth-order valence-electron chi connectivity index (χ4n) is 1.40. The summed E-state index contributed by atoms with van der Waals surface area (Å²) in [6.45, 7) is 2.49. The molecule has 0 amide bonds. The molecule has 0 fully saturated rings. The monoisotopic (exact) mass is 253 g/mol. The van der Waals surface area contributed by atoms with Crippen molar-refractivity contribution >= 4 is 17.4 Å².